The van der Waals surface area contributed by atoms with Crippen LogP contribution < -0.4 is 5.32 Å². The van der Waals surface area contributed by atoms with Gasteiger partial charge in [0.15, 0.2) is 0 Å². The summed E-state index contributed by atoms with van der Waals surface area (Å²) in [6, 6.07) is 0.676. The van der Waals surface area contributed by atoms with Crippen LogP contribution in [0.15, 0.2) is 0 Å². The van der Waals surface area contributed by atoms with Gasteiger partial charge in [0.2, 0.25) is 5.91 Å². The van der Waals surface area contributed by atoms with E-state index in [2.05, 4.69) is 10.2 Å². The van der Waals surface area contributed by atoms with Gasteiger partial charge in [0.05, 0.1) is 6.61 Å². The van der Waals surface area contributed by atoms with Gasteiger partial charge in [0.25, 0.3) is 0 Å². The van der Waals surface area contributed by atoms with E-state index in [0.717, 1.165) is 58.4 Å². The molecule has 1 saturated carbocycles. The van der Waals surface area contributed by atoms with Crippen molar-refractivity contribution in [3.8, 4) is 0 Å². The molecular formula is C18H29N3O3. The molecule has 1 aliphatic carbocycles. The molecule has 6 heteroatoms. The first-order valence-corrected chi connectivity index (χ1v) is 9.46. The standard InChI is InChI=1S/C18H29N3O3/c1-2-24-16(23)21-8-5-18(13-21)9-14(10-18)20-6-3-17(4-7-20)11-15(22)19-12-17/h14H,2-13H2,1H3,(H,19,22). The van der Waals surface area contributed by atoms with Gasteiger partial charge in [-0.25, -0.2) is 4.79 Å². The molecular weight excluding hydrogens is 306 g/mol. The fourth-order valence-corrected chi connectivity index (χ4v) is 5.31. The zero-order chi connectivity index (χ0) is 16.8. The van der Waals surface area contributed by atoms with E-state index in [4.69, 9.17) is 4.74 Å². The minimum atomic E-state index is -0.142. The Balaban J connectivity index is 1.25. The van der Waals surface area contributed by atoms with Crippen LogP contribution in [0.5, 0.6) is 0 Å². The molecule has 0 atom stereocenters. The molecule has 4 fully saturated rings. The van der Waals surface area contributed by atoms with E-state index in [1.807, 2.05) is 11.8 Å². The molecule has 0 unspecified atom stereocenters. The Morgan fingerprint density at radius 1 is 1.21 bits per heavy atom. The Kier molecular flexibility index (Phi) is 3.98. The highest BCUT2D eigenvalue weighted by Crippen LogP contribution is 2.51. The van der Waals surface area contributed by atoms with E-state index in [-0.39, 0.29) is 17.4 Å². The lowest BCUT2D eigenvalue weighted by molar-refractivity contribution is -0.120. The van der Waals surface area contributed by atoms with Gasteiger partial charge in [0.1, 0.15) is 0 Å². The summed E-state index contributed by atoms with van der Waals surface area (Å²) >= 11 is 0. The van der Waals surface area contributed by atoms with Crippen molar-refractivity contribution in [3.05, 3.63) is 0 Å². The largest absolute Gasteiger partial charge is 0.450 e. The van der Waals surface area contributed by atoms with Crippen LogP contribution in [0, 0.1) is 10.8 Å². The van der Waals surface area contributed by atoms with Crippen LogP contribution in [0.2, 0.25) is 0 Å². The van der Waals surface area contributed by atoms with Gasteiger partial charge in [-0.05, 0) is 62.9 Å². The monoisotopic (exact) mass is 335 g/mol. The molecule has 6 nitrogen and oxygen atoms in total. The molecule has 1 N–H and O–H groups in total. The number of nitrogens with one attached hydrogen (secondary N) is 1. The van der Waals surface area contributed by atoms with Gasteiger partial charge >= 0.3 is 6.09 Å². The van der Waals surface area contributed by atoms with Crippen molar-refractivity contribution < 1.29 is 14.3 Å². The van der Waals surface area contributed by atoms with Crippen molar-refractivity contribution in [3.63, 3.8) is 0 Å². The summed E-state index contributed by atoms with van der Waals surface area (Å²) in [5.74, 6) is 0.232. The third kappa shape index (κ3) is 2.79. The third-order valence-electron chi connectivity index (χ3n) is 6.87. The number of piperidine rings is 1. The number of likely N-dealkylation sites (tertiary alicyclic amines) is 2. The Hall–Kier alpha value is -1.30. The van der Waals surface area contributed by atoms with Crippen LogP contribution in [0.3, 0.4) is 0 Å². The lowest BCUT2D eigenvalue weighted by Gasteiger charge is -2.52. The first-order chi connectivity index (χ1) is 11.5. The summed E-state index contributed by atoms with van der Waals surface area (Å²) in [7, 11) is 0. The van der Waals surface area contributed by atoms with Gasteiger partial charge in [-0.15, -0.1) is 0 Å². The number of carbonyl (C=O) groups is 2. The topological polar surface area (TPSA) is 61.9 Å². The maximum atomic E-state index is 11.9. The molecule has 4 rings (SSSR count). The second kappa shape index (κ2) is 5.90. The highest BCUT2D eigenvalue weighted by Gasteiger charge is 2.52. The summed E-state index contributed by atoms with van der Waals surface area (Å²) in [6.07, 6.45) is 6.42. The molecule has 3 aliphatic heterocycles. The molecule has 4 aliphatic rings. The van der Waals surface area contributed by atoms with Crippen molar-refractivity contribution in [2.45, 2.75) is 51.5 Å². The van der Waals surface area contributed by atoms with Crippen molar-refractivity contribution >= 4 is 12.0 Å². The van der Waals surface area contributed by atoms with Gasteiger partial charge in [-0.1, -0.05) is 0 Å². The Bertz CT molecular complexity index is 522. The molecule has 24 heavy (non-hydrogen) atoms. The molecule has 0 aromatic rings. The van der Waals surface area contributed by atoms with E-state index in [1.165, 1.54) is 12.8 Å². The van der Waals surface area contributed by atoms with Crippen LogP contribution in [0.1, 0.15) is 45.4 Å². The molecule has 0 aromatic carbocycles. The summed E-state index contributed by atoms with van der Waals surface area (Å²) in [4.78, 5) is 27.9. The van der Waals surface area contributed by atoms with Crippen LogP contribution in [-0.4, -0.2) is 67.2 Å². The number of carbonyl (C=O) groups excluding carboxylic acids is 2. The number of rotatable bonds is 2. The summed E-state index contributed by atoms with van der Waals surface area (Å²) in [6.45, 7) is 7.16. The summed E-state index contributed by atoms with van der Waals surface area (Å²) in [5, 5.41) is 3.01. The van der Waals surface area contributed by atoms with Gasteiger partial charge in [-0.2, -0.15) is 0 Å². The van der Waals surface area contributed by atoms with Crippen molar-refractivity contribution in [1.29, 1.82) is 0 Å². The Morgan fingerprint density at radius 2 is 1.92 bits per heavy atom. The van der Waals surface area contributed by atoms with Gasteiger partial charge in [0, 0.05) is 32.1 Å². The minimum absolute atomic E-state index is 0.142. The summed E-state index contributed by atoms with van der Waals surface area (Å²) in [5.41, 5.74) is 0.584. The lowest BCUT2D eigenvalue weighted by Crippen LogP contribution is -2.55. The first kappa shape index (κ1) is 16.2. The van der Waals surface area contributed by atoms with Crippen molar-refractivity contribution in [2.75, 3.05) is 39.3 Å². The van der Waals surface area contributed by atoms with Crippen LogP contribution in [0.25, 0.3) is 0 Å². The second-order valence-electron chi connectivity index (χ2n) is 8.42. The number of amides is 2. The van der Waals surface area contributed by atoms with Gasteiger partial charge < -0.3 is 19.9 Å². The van der Waals surface area contributed by atoms with E-state index in [0.29, 0.717) is 18.1 Å². The zero-order valence-electron chi connectivity index (χ0n) is 14.7. The maximum absolute atomic E-state index is 11.9. The van der Waals surface area contributed by atoms with Crippen LogP contribution in [-0.2, 0) is 9.53 Å². The number of ether oxygens (including phenoxy) is 1. The smallest absolute Gasteiger partial charge is 0.409 e. The molecule has 0 aromatic heterocycles. The lowest BCUT2D eigenvalue weighted by atomic mass is 9.63. The Morgan fingerprint density at radius 3 is 2.54 bits per heavy atom. The SMILES string of the molecule is CCOC(=O)N1CCC2(CC(N3CCC4(CC3)CNC(=O)C4)C2)C1. The van der Waals surface area contributed by atoms with Crippen LogP contribution in [0.4, 0.5) is 4.79 Å². The second-order valence-corrected chi connectivity index (χ2v) is 8.42. The average molecular weight is 335 g/mol. The molecule has 134 valence electrons. The highest BCUT2D eigenvalue weighted by molar-refractivity contribution is 5.79. The van der Waals surface area contributed by atoms with E-state index in [9.17, 15) is 9.59 Å². The number of nitrogens with zero attached hydrogens (tertiary/aromatic N) is 2. The molecule has 0 radical (unpaired) electrons. The zero-order valence-corrected chi connectivity index (χ0v) is 14.7. The first-order valence-electron chi connectivity index (χ1n) is 9.46. The van der Waals surface area contributed by atoms with Crippen molar-refractivity contribution in [1.82, 2.24) is 15.1 Å². The fraction of sp³-hybridized carbons (Fsp3) is 0.889. The Labute approximate surface area is 143 Å². The molecule has 2 amide bonds. The predicted molar refractivity (Wildman–Crippen MR) is 89.5 cm³/mol. The quantitative estimate of drug-likeness (QED) is 0.833. The fourth-order valence-electron chi connectivity index (χ4n) is 5.31. The van der Waals surface area contributed by atoms with E-state index in [1.54, 1.807) is 0 Å². The predicted octanol–water partition coefficient (Wildman–Crippen LogP) is 1.60. The molecule has 0 bridgehead atoms. The minimum Gasteiger partial charge on any atom is -0.450 e. The van der Waals surface area contributed by atoms with Crippen molar-refractivity contribution in [2.24, 2.45) is 10.8 Å². The molecule has 2 spiro atoms. The molecule has 3 heterocycles. The number of hydrogen-bond donors (Lipinski definition) is 1. The summed E-state index contributed by atoms with van der Waals surface area (Å²) < 4.78 is 5.14. The average Bonchev–Trinajstić information content (AvgIpc) is 3.12. The van der Waals surface area contributed by atoms with E-state index >= 15 is 0 Å². The third-order valence-corrected chi connectivity index (χ3v) is 6.87. The van der Waals surface area contributed by atoms with Gasteiger partial charge in [-0.3, -0.25) is 4.79 Å². The van der Waals surface area contributed by atoms with E-state index < -0.39 is 0 Å². The number of hydrogen-bond acceptors (Lipinski definition) is 4. The maximum Gasteiger partial charge on any atom is 0.409 e. The normalized spacial score (nSPS) is 35.3. The van der Waals surface area contributed by atoms with Crippen LogP contribution >= 0.6 is 0 Å². The molecule has 3 saturated heterocycles. The highest BCUT2D eigenvalue weighted by atomic mass is 16.6.